The van der Waals surface area contributed by atoms with Crippen molar-refractivity contribution < 1.29 is 51.8 Å². The van der Waals surface area contributed by atoms with E-state index in [1.807, 2.05) is 6.08 Å². The third kappa shape index (κ3) is 44.3. The van der Waals surface area contributed by atoms with Crippen LogP contribution in [0.2, 0.25) is 0 Å². The number of hydrogen-bond acceptors (Lipinski definition) is 10. The Labute approximate surface area is 461 Å². The molecule has 0 spiro atoms. The minimum Gasteiger partial charge on any atom is -0.394 e. The maximum atomic E-state index is 13.2. The first-order valence-electron chi connectivity index (χ1n) is 32.1. The Morgan fingerprint density at radius 2 is 0.840 bits per heavy atom. The molecule has 0 aromatic carbocycles. The monoisotopic (exact) mass is 1090 g/mol. The molecule has 1 fully saturated rings. The van der Waals surface area contributed by atoms with Crippen LogP contribution in [0.25, 0.3) is 0 Å². The van der Waals surface area contributed by atoms with Crippen molar-refractivity contribution in [3.63, 3.8) is 0 Å². The highest BCUT2D eigenvalue weighted by atomic mass is 32.3. The predicted molar refractivity (Wildman–Crippen MR) is 310 cm³/mol. The molecule has 0 aromatic rings. The average Bonchev–Trinajstić information content (AvgIpc) is 3.39. The van der Waals surface area contributed by atoms with Gasteiger partial charge >= 0.3 is 10.4 Å². The highest BCUT2D eigenvalue weighted by molar-refractivity contribution is 7.80. The van der Waals surface area contributed by atoms with Crippen molar-refractivity contribution in [1.82, 2.24) is 5.32 Å². The summed E-state index contributed by atoms with van der Waals surface area (Å²) in [7, 11) is -5.09. The van der Waals surface area contributed by atoms with Gasteiger partial charge in [-0.25, -0.2) is 4.18 Å². The minimum atomic E-state index is -5.09. The van der Waals surface area contributed by atoms with Gasteiger partial charge in [0, 0.05) is 6.42 Å². The molecule has 0 aromatic heterocycles. The van der Waals surface area contributed by atoms with Crippen molar-refractivity contribution in [3.05, 3.63) is 12.2 Å². The molecule has 0 aliphatic carbocycles. The number of unbranched alkanes of at least 4 members (excludes halogenated alkanes) is 45. The summed E-state index contributed by atoms with van der Waals surface area (Å²) in [5.41, 5.74) is 0. The second kappa shape index (κ2) is 52.2. The number of nitrogens with one attached hydrogen (secondary N) is 1. The summed E-state index contributed by atoms with van der Waals surface area (Å²) < 4.78 is 47.9. The summed E-state index contributed by atoms with van der Waals surface area (Å²) in [6.45, 7) is 3.45. The van der Waals surface area contributed by atoms with Crippen LogP contribution in [-0.4, -0.2) is 95.4 Å². The van der Waals surface area contributed by atoms with Crippen LogP contribution in [0.15, 0.2) is 12.2 Å². The quantitative estimate of drug-likeness (QED) is 0.0193. The van der Waals surface area contributed by atoms with Crippen molar-refractivity contribution >= 4 is 16.3 Å². The van der Waals surface area contributed by atoms with Gasteiger partial charge in [0.1, 0.15) is 24.4 Å². The number of amides is 1. The largest absolute Gasteiger partial charge is 0.397 e. The van der Waals surface area contributed by atoms with Crippen molar-refractivity contribution in [1.29, 1.82) is 0 Å². The summed E-state index contributed by atoms with van der Waals surface area (Å²) in [5.74, 6) is -0.254. The minimum absolute atomic E-state index is 0.254. The molecule has 1 aliphatic rings. The van der Waals surface area contributed by atoms with Crippen LogP contribution in [0.3, 0.4) is 0 Å². The molecule has 6 N–H and O–H groups in total. The molecule has 0 saturated carbocycles. The summed E-state index contributed by atoms with van der Waals surface area (Å²) in [6.07, 6.45) is 55.6. The number of hydrogen-bond donors (Lipinski definition) is 6. The molecule has 1 rings (SSSR count). The van der Waals surface area contributed by atoms with Crippen LogP contribution >= 0.6 is 0 Å². The topological polar surface area (TPSA) is 192 Å². The van der Waals surface area contributed by atoms with E-state index in [0.29, 0.717) is 6.42 Å². The lowest BCUT2D eigenvalue weighted by Crippen LogP contribution is -2.61. The molecular weight excluding hydrogens is 967 g/mol. The standard InChI is InChI=1S/C62H121NO11S/c1-3-5-7-9-11-13-15-17-19-21-23-24-25-26-27-28-29-30-31-32-33-34-36-38-40-42-44-46-48-50-52-58(66)63-55(54-72-62-60(68)61(74-75(69,70)71)59(67)57(53-64)73-62)56(65)51-49-47-45-43-41-39-37-35-22-20-18-16-14-12-10-8-6-4-2/h49,51,55-57,59-62,64-65,67-68H,3-48,50,52-54H2,1-2H3,(H,63,66)(H,69,70,71)/b51-49+. The number of rotatable bonds is 57. The third-order valence-electron chi connectivity index (χ3n) is 15.6. The smallest absolute Gasteiger partial charge is 0.394 e. The zero-order valence-corrected chi connectivity index (χ0v) is 49.5. The Hall–Kier alpha value is -1.16. The fourth-order valence-corrected chi connectivity index (χ4v) is 11.1. The van der Waals surface area contributed by atoms with Gasteiger partial charge in [-0.15, -0.1) is 0 Å². The fraction of sp³-hybridized carbons (Fsp3) is 0.952. The molecule has 13 heteroatoms. The Bertz CT molecular complexity index is 1370. The van der Waals surface area contributed by atoms with E-state index >= 15 is 0 Å². The van der Waals surface area contributed by atoms with Gasteiger partial charge in [0.25, 0.3) is 0 Å². The third-order valence-corrected chi connectivity index (χ3v) is 16.0. The fourth-order valence-electron chi connectivity index (χ4n) is 10.6. The Morgan fingerprint density at radius 1 is 0.520 bits per heavy atom. The Kier molecular flexibility index (Phi) is 50.0. The molecule has 7 atom stereocenters. The average molecular weight is 1090 g/mol. The molecule has 1 amide bonds. The first-order chi connectivity index (χ1) is 36.5. The molecule has 12 nitrogen and oxygen atoms in total. The van der Waals surface area contributed by atoms with Crippen LogP contribution in [0.4, 0.5) is 0 Å². The molecule has 0 bridgehead atoms. The second-order valence-corrected chi connectivity index (χ2v) is 23.8. The maximum Gasteiger partial charge on any atom is 0.397 e. The Morgan fingerprint density at radius 3 is 1.16 bits per heavy atom. The van der Waals surface area contributed by atoms with E-state index in [4.69, 9.17) is 9.47 Å². The van der Waals surface area contributed by atoms with E-state index in [0.717, 1.165) is 38.5 Å². The number of allylic oxidation sites excluding steroid dienone is 1. The number of ether oxygens (including phenoxy) is 2. The first-order valence-corrected chi connectivity index (χ1v) is 33.4. The highest BCUT2D eigenvalue weighted by Gasteiger charge is 2.48. The lowest BCUT2D eigenvalue weighted by Gasteiger charge is -2.41. The van der Waals surface area contributed by atoms with Crippen molar-refractivity contribution in [2.24, 2.45) is 0 Å². The lowest BCUT2D eigenvalue weighted by atomic mass is 9.99. The predicted octanol–water partition coefficient (Wildman–Crippen LogP) is 15.8. The van der Waals surface area contributed by atoms with Crippen molar-refractivity contribution in [2.45, 2.75) is 365 Å². The van der Waals surface area contributed by atoms with Crippen LogP contribution in [0, 0.1) is 0 Å². The van der Waals surface area contributed by atoms with E-state index in [9.17, 15) is 38.2 Å². The normalized spacial score (nSPS) is 19.1. The molecule has 446 valence electrons. The van der Waals surface area contributed by atoms with Crippen molar-refractivity contribution in [2.75, 3.05) is 13.2 Å². The zero-order chi connectivity index (χ0) is 54.7. The number of aliphatic hydroxyl groups excluding tert-OH is 4. The van der Waals surface area contributed by atoms with Crippen LogP contribution in [-0.2, 0) is 28.9 Å². The SMILES string of the molecule is CCCCCCCCCCCCCCCCCC/C=C/C(O)C(COC1OC(CO)C(O)C(OS(=O)(=O)O)C1O)NC(=O)CCCCCCCCCCCCCCCCCCCCCCCCCCCCCCCC. The molecule has 1 aliphatic heterocycles. The maximum absolute atomic E-state index is 13.2. The molecule has 1 heterocycles. The zero-order valence-electron chi connectivity index (χ0n) is 48.6. The molecule has 7 unspecified atom stereocenters. The summed E-state index contributed by atoms with van der Waals surface area (Å²) >= 11 is 0. The van der Waals surface area contributed by atoms with Gasteiger partial charge in [-0.3, -0.25) is 9.35 Å². The van der Waals surface area contributed by atoms with E-state index in [-0.39, 0.29) is 18.9 Å². The molecular formula is C62H121NO11S. The highest BCUT2D eigenvalue weighted by Crippen LogP contribution is 2.26. The summed E-state index contributed by atoms with van der Waals surface area (Å²) in [4.78, 5) is 13.2. The number of carbonyl (C=O) groups is 1. The molecule has 75 heavy (non-hydrogen) atoms. The Balaban J connectivity index is 2.26. The van der Waals surface area contributed by atoms with Crippen molar-refractivity contribution in [3.8, 4) is 0 Å². The van der Waals surface area contributed by atoms with Gasteiger partial charge in [0.15, 0.2) is 6.29 Å². The van der Waals surface area contributed by atoms with Gasteiger partial charge in [-0.1, -0.05) is 309 Å². The van der Waals surface area contributed by atoms with Gasteiger partial charge in [0.2, 0.25) is 5.91 Å². The van der Waals surface area contributed by atoms with Crippen LogP contribution < -0.4 is 5.32 Å². The molecule has 0 radical (unpaired) electrons. The lowest BCUT2D eigenvalue weighted by molar-refractivity contribution is -0.298. The van der Waals surface area contributed by atoms with Gasteiger partial charge in [-0.05, 0) is 19.3 Å². The van der Waals surface area contributed by atoms with E-state index < -0.39 is 59.9 Å². The van der Waals surface area contributed by atoms with Crippen LogP contribution in [0.5, 0.6) is 0 Å². The second-order valence-electron chi connectivity index (χ2n) is 22.7. The summed E-state index contributed by atoms with van der Waals surface area (Å²) in [6, 6.07) is -0.941. The summed E-state index contributed by atoms with van der Waals surface area (Å²) in [5, 5.41) is 45.0. The van der Waals surface area contributed by atoms with E-state index in [2.05, 4.69) is 23.3 Å². The number of carbonyl (C=O) groups excluding carboxylic acids is 1. The van der Waals surface area contributed by atoms with Gasteiger partial charge in [-0.2, -0.15) is 8.42 Å². The van der Waals surface area contributed by atoms with E-state index in [1.165, 1.54) is 257 Å². The van der Waals surface area contributed by atoms with Crippen LogP contribution in [0.1, 0.15) is 322 Å². The first kappa shape index (κ1) is 71.9. The van der Waals surface area contributed by atoms with E-state index in [1.54, 1.807) is 6.08 Å². The van der Waals surface area contributed by atoms with Gasteiger partial charge in [0.05, 0.1) is 25.4 Å². The molecule has 1 saturated heterocycles. The van der Waals surface area contributed by atoms with Gasteiger partial charge < -0.3 is 35.2 Å². The number of aliphatic hydroxyl groups is 4.